The maximum atomic E-state index is 13.1. The van der Waals surface area contributed by atoms with Crippen LogP contribution < -0.4 is 14.8 Å². The molecule has 1 atom stereocenters. The Morgan fingerprint density at radius 3 is 2.26 bits per heavy atom. The third kappa shape index (κ3) is 6.24. The number of carbonyl (C=O) groups is 1. The molecule has 1 heterocycles. The molecule has 3 aromatic rings. The Bertz CT molecular complexity index is 1530. The van der Waals surface area contributed by atoms with Gasteiger partial charge in [-0.05, 0) is 73.5 Å². The van der Waals surface area contributed by atoms with Crippen molar-refractivity contribution in [2.75, 3.05) is 30.2 Å². The molecular weight excluding hydrogens is 573 g/mol. The number of anilines is 2. The van der Waals surface area contributed by atoms with Crippen LogP contribution in [0.5, 0.6) is 5.75 Å². The van der Waals surface area contributed by atoms with Gasteiger partial charge in [0.05, 0.1) is 38.6 Å². The Morgan fingerprint density at radius 2 is 1.61 bits per heavy atom. The van der Waals surface area contributed by atoms with Gasteiger partial charge in [0.15, 0.2) is 0 Å². The predicted octanol–water partition coefficient (Wildman–Crippen LogP) is 4.84. The molecule has 2 N–H and O–H groups in total. The van der Waals surface area contributed by atoms with Crippen molar-refractivity contribution in [2.24, 2.45) is 5.92 Å². The van der Waals surface area contributed by atoms with Crippen LogP contribution in [-0.4, -0.2) is 47.2 Å². The second-order valence-electron chi connectivity index (χ2n) is 8.60. The SMILES string of the molecule is COc1ccc(S(=O)(=O)N2CCC[C@H](C(=O)Nc3ccc(S(=O)(=O)Nc4cccc(Cl)c4Cl)cc3)C2)cc1. The fourth-order valence-electron chi connectivity index (χ4n) is 4.02. The number of ether oxygens (including phenoxy) is 1. The number of nitrogens with one attached hydrogen (secondary N) is 2. The van der Waals surface area contributed by atoms with E-state index in [2.05, 4.69) is 10.0 Å². The van der Waals surface area contributed by atoms with Crippen LogP contribution in [0, 0.1) is 5.92 Å². The lowest BCUT2D eigenvalue weighted by Gasteiger charge is -2.31. The number of carbonyl (C=O) groups excluding carboxylic acids is 1. The molecule has 0 aliphatic carbocycles. The second kappa shape index (κ2) is 11.5. The molecule has 0 saturated carbocycles. The molecule has 38 heavy (non-hydrogen) atoms. The molecule has 202 valence electrons. The van der Waals surface area contributed by atoms with Crippen LogP contribution in [0.2, 0.25) is 10.0 Å². The van der Waals surface area contributed by atoms with Crippen molar-refractivity contribution in [3.8, 4) is 5.75 Å². The Kier molecular flexibility index (Phi) is 8.53. The first-order valence-corrected chi connectivity index (χ1v) is 15.2. The molecule has 1 saturated heterocycles. The minimum Gasteiger partial charge on any atom is -0.497 e. The first-order chi connectivity index (χ1) is 18.0. The Balaban J connectivity index is 1.41. The van der Waals surface area contributed by atoms with Crippen molar-refractivity contribution in [1.82, 2.24) is 4.31 Å². The normalized spacial score (nSPS) is 16.6. The van der Waals surface area contributed by atoms with Gasteiger partial charge in [-0.15, -0.1) is 0 Å². The van der Waals surface area contributed by atoms with E-state index in [9.17, 15) is 21.6 Å². The van der Waals surface area contributed by atoms with Crippen molar-refractivity contribution < 1.29 is 26.4 Å². The number of hydrogen-bond donors (Lipinski definition) is 2. The lowest BCUT2D eigenvalue weighted by molar-refractivity contribution is -0.120. The number of amides is 1. The number of rotatable bonds is 8. The standard InChI is InChI=1S/C25H25Cl2N3O6S2/c1-36-19-9-13-21(14-10-19)38(34,35)30-15-3-4-17(16-30)25(31)28-18-7-11-20(12-8-18)37(32,33)29-23-6-2-5-22(26)24(23)27/h2,5-14,17,29H,3-4,15-16H2,1H3,(H,28,31)/t17-/m0/s1. The fourth-order valence-corrected chi connectivity index (χ4v) is 7.02. The summed E-state index contributed by atoms with van der Waals surface area (Å²) in [6, 6.07) is 16.3. The maximum Gasteiger partial charge on any atom is 0.261 e. The van der Waals surface area contributed by atoms with E-state index < -0.39 is 26.0 Å². The summed E-state index contributed by atoms with van der Waals surface area (Å²) in [7, 11) is -6.24. The van der Waals surface area contributed by atoms with Crippen LogP contribution in [0.3, 0.4) is 0 Å². The number of halogens is 2. The predicted molar refractivity (Wildman–Crippen MR) is 147 cm³/mol. The number of sulfonamides is 2. The molecular formula is C25H25Cl2N3O6S2. The molecule has 0 bridgehead atoms. The average molecular weight is 599 g/mol. The molecule has 0 radical (unpaired) electrons. The summed E-state index contributed by atoms with van der Waals surface area (Å²) in [6.45, 7) is 0.352. The highest BCUT2D eigenvalue weighted by Crippen LogP contribution is 2.31. The van der Waals surface area contributed by atoms with Crippen LogP contribution in [-0.2, 0) is 24.8 Å². The zero-order valence-corrected chi connectivity index (χ0v) is 23.4. The summed E-state index contributed by atoms with van der Waals surface area (Å²) in [4.78, 5) is 13.0. The molecule has 4 rings (SSSR count). The third-order valence-electron chi connectivity index (χ3n) is 6.08. The first kappa shape index (κ1) is 28.2. The van der Waals surface area contributed by atoms with Gasteiger partial charge in [-0.2, -0.15) is 4.31 Å². The summed E-state index contributed by atoms with van der Waals surface area (Å²) < 4.78 is 60.5. The van der Waals surface area contributed by atoms with Gasteiger partial charge < -0.3 is 10.1 Å². The fraction of sp³-hybridized carbons (Fsp3) is 0.240. The van der Waals surface area contributed by atoms with Crippen molar-refractivity contribution in [3.63, 3.8) is 0 Å². The summed E-state index contributed by atoms with van der Waals surface area (Å²) >= 11 is 12.0. The smallest absolute Gasteiger partial charge is 0.261 e. The highest BCUT2D eigenvalue weighted by molar-refractivity contribution is 7.92. The summed E-state index contributed by atoms with van der Waals surface area (Å²) in [6.07, 6.45) is 1.06. The number of benzene rings is 3. The van der Waals surface area contributed by atoms with Gasteiger partial charge in [0.1, 0.15) is 5.75 Å². The number of hydrogen-bond acceptors (Lipinski definition) is 6. The highest BCUT2D eigenvalue weighted by atomic mass is 35.5. The van der Waals surface area contributed by atoms with E-state index in [4.69, 9.17) is 27.9 Å². The minimum atomic E-state index is -3.96. The molecule has 0 unspecified atom stereocenters. The summed E-state index contributed by atoms with van der Waals surface area (Å²) in [5.41, 5.74) is 0.521. The van der Waals surface area contributed by atoms with Crippen LogP contribution in [0.4, 0.5) is 11.4 Å². The molecule has 1 fully saturated rings. The zero-order chi connectivity index (χ0) is 27.5. The van der Waals surface area contributed by atoms with E-state index in [1.165, 1.54) is 53.9 Å². The molecule has 1 aliphatic rings. The number of nitrogens with zero attached hydrogens (tertiary/aromatic N) is 1. The van der Waals surface area contributed by atoms with Crippen molar-refractivity contribution in [3.05, 3.63) is 76.8 Å². The molecule has 0 spiro atoms. The van der Waals surface area contributed by atoms with Gasteiger partial charge in [0.2, 0.25) is 15.9 Å². The third-order valence-corrected chi connectivity index (χ3v) is 10.2. The Morgan fingerprint density at radius 1 is 0.947 bits per heavy atom. The molecule has 13 heteroatoms. The Labute approximate surface area is 231 Å². The van der Waals surface area contributed by atoms with Crippen LogP contribution >= 0.6 is 23.2 Å². The lowest BCUT2D eigenvalue weighted by Crippen LogP contribution is -2.43. The average Bonchev–Trinajstić information content (AvgIpc) is 2.91. The summed E-state index contributed by atoms with van der Waals surface area (Å²) in [5.74, 6) is -0.367. The van der Waals surface area contributed by atoms with E-state index >= 15 is 0 Å². The van der Waals surface area contributed by atoms with Crippen molar-refractivity contribution >= 4 is 60.5 Å². The van der Waals surface area contributed by atoms with Gasteiger partial charge in [0.25, 0.3) is 10.0 Å². The molecule has 9 nitrogen and oxygen atoms in total. The zero-order valence-electron chi connectivity index (χ0n) is 20.2. The van der Waals surface area contributed by atoms with E-state index in [0.29, 0.717) is 30.8 Å². The second-order valence-corrected chi connectivity index (χ2v) is 13.0. The minimum absolute atomic E-state index is 0.0387. The quantitative estimate of drug-likeness (QED) is 0.383. The monoisotopic (exact) mass is 597 g/mol. The van der Waals surface area contributed by atoms with E-state index in [1.807, 2.05) is 0 Å². The van der Waals surface area contributed by atoms with Gasteiger partial charge >= 0.3 is 0 Å². The first-order valence-electron chi connectivity index (χ1n) is 11.5. The maximum absolute atomic E-state index is 13.1. The van der Waals surface area contributed by atoms with Crippen LogP contribution in [0.15, 0.2) is 76.5 Å². The van der Waals surface area contributed by atoms with E-state index in [0.717, 1.165) is 0 Å². The number of methoxy groups -OCH3 is 1. The topological polar surface area (TPSA) is 122 Å². The molecule has 1 amide bonds. The largest absolute Gasteiger partial charge is 0.497 e. The highest BCUT2D eigenvalue weighted by Gasteiger charge is 2.33. The summed E-state index contributed by atoms with van der Waals surface area (Å²) in [5, 5.41) is 3.04. The molecule has 1 aliphatic heterocycles. The van der Waals surface area contributed by atoms with Crippen molar-refractivity contribution in [1.29, 1.82) is 0 Å². The number of piperidine rings is 1. The van der Waals surface area contributed by atoms with Gasteiger partial charge in [0, 0.05) is 18.8 Å². The Hall–Kier alpha value is -2.83. The molecule has 3 aromatic carbocycles. The van der Waals surface area contributed by atoms with Gasteiger partial charge in [-0.25, -0.2) is 16.8 Å². The molecule has 0 aromatic heterocycles. The van der Waals surface area contributed by atoms with E-state index in [1.54, 1.807) is 24.3 Å². The van der Waals surface area contributed by atoms with Crippen molar-refractivity contribution in [2.45, 2.75) is 22.6 Å². The van der Waals surface area contributed by atoms with Gasteiger partial charge in [-0.1, -0.05) is 29.3 Å². The van der Waals surface area contributed by atoms with Crippen LogP contribution in [0.1, 0.15) is 12.8 Å². The lowest BCUT2D eigenvalue weighted by atomic mass is 9.99. The van der Waals surface area contributed by atoms with E-state index in [-0.39, 0.29) is 38.0 Å². The van der Waals surface area contributed by atoms with Crippen LogP contribution in [0.25, 0.3) is 0 Å². The van der Waals surface area contributed by atoms with Gasteiger partial charge in [-0.3, -0.25) is 9.52 Å².